The molecule has 9 heteroatoms. The number of imidazole rings is 1. The molecule has 9 nitrogen and oxygen atoms in total. The minimum atomic E-state index is -0.299. The number of esters is 1. The van der Waals surface area contributed by atoms with Crippen LogP contribution in [0.2, 0.25) is 0 Å². The third kappa shape index (κ3) is 4.86. The van der Waals surface area contributed by atoms with Gasteiger partial charge in [-0.2, -0.15) is 0 Å². The highest BCUT2D eigenvalue weighted by Crippen LogP contribution is 2.25. The standard InChI is InChI=1S/C24H33N5O4/c1-4-33-24(32)17-9-8-11-28(14-17)20(30)15-27(3)23(31)18-13-16(2)25-22-21(18)26-19-10-6-5-7-12-29(19)22/h13,17H,4-12,14-15H2,1-3H3. The van der Waals surface area contributed by atoms with Crippen molar-refractivity contribution < 1.29 is 19.1 Å². The molecule has 0 aromatic carbocycles. The summed E-state index contributed by atoms with van der Waals surface area (Å²) in [4.78, 5) is 51.0. The molecule has 1 atom stereocenters. The maximum Gasteiger partial charge on any atom is 0.310 e. The number of nitrogens with zero attached hydrogens (tertiary/aromatic N) is 5. The number of hydrogen-bond donors (Lipinski definition) is 0. The highest BCUT2D eigenvalue weighted by molar-refractivity contribution is 6.05. The number of likely N-dealkylation sites (tertiary alicyclic amines) is 1. The summed E-state index contributed by atoms with van der Waals surface area (Å²) in [7, 11) is 1.63. The molecule has 2 aromatic heterocycles. The van der Waals surface area contributed by atoms with Crippen molar-refractivity contribution in [3.05, 3.63) is 23.1 Å². The molecule has 1 fully saturated rings. The summed E-state index contributed by atoms with van der Waals surface area (Å²) in [5.41, 5.74) is 2.60. The highest BCUT2D eigenvalue weighted by Gasteiger charge is 2.31. The van der Waals surface area contributed by atoms with Crippen molar-refractivity contribution in [3.8, 4) is 0 Å². The van der Waals surface area contributed by atoms with Gasteiger partial charge in [0.05, 0.1) is 24.6 Å². The van der Waals surface area contributed by atoms with E-state index in [0.717, 1.165) is 55.8 Å². The number of carbonyl (C=O) groups is 3. The van der Waals surface area contributed by atoms with Crippen LogP contribution >= 0.6 is 0 Å². The van der Waals surface area contributed by atoms with E-state index in [1.807, 2.05) is 6.92 Å². The fourth-order valence-corrected chi connectivity index (χ4v) is 4.82. The Morgan fingerprint density at radius 2 is 1.97 bits per heavy atom. The van der Waals surface area contributed by atoms with E-state index < -0.39 is 0 Å². The molecule has 0 bridgehead atoms. The lowest BCUT2D eigenvalue weighted by Gasteiger charge is -2.32. The van der Waals surface area contributed by atoms with Gasteiger partial charge >= 0.3 is 5.97 Å². The minimum Gasteiger partial charge on any atom is -0.466 e. The molecule has 1 unspecified atom stereocenters. The quantitative estimate of drug-likeness (QED) is 0.642. The summed E-state index contributed by atoms with van der Waals surface area (Å²) >= 11 is 0. The molecule has 0 N–H and O–H groups in total. The average Bonchev–Trinajstić information content (AvgIpc) is 2.98. The van der Waals surface area contributed by atoms with Crippen molar-refractivity contribution in [2.45, 2.75) is 58.9 Å². The number of amides is 2. The lowest BCUT2D eigenvalue weighted by Crippen LogP contribution is -2.47. The van der Waals surface area contributed by atoms with E-state index in [2.05, 4.69) is 9.55 Å². The second-order valence-corrected chi connectivity index (χ2v) is 9.07. The third-order valence-electron chi connectivity index (χ3n) is 6.54. The van der Waals surface area contributed by atoms with Crippen LogP contribution in [0.25, 0.3) is 11.2 Å². The lowest BCUT2D eigenvalue weighted by atomic mass is 9.98. The van der Waals surface area contributed by atoms with Gasteiger partial charge in [-0.15, -0.1) is 0 Å². The monoisotopic (exact) mass is 455 g/mol. The van der Waals surface area contributed by atoms with Crippen molar-refractivity contribution in [2.24, 2.45) is 5.92 Å². The summed E-state index contributed by atoms with van der Waals surface area (Å²) in [5, 5.41) is 0. The molecule has 0 radical (unpaired) electrons. The van der Waals surface area contributed by atoms with Crippen LogP contribution < -0.4 is 0 Å². The number of aryl methyl sites for hydroxylation is 3. The molecule has 2 aliphatic rings. The number of ether oxygens (including phenoxy) is 1. The molecular weight excluding hydrogens is 422 g/mol. The summed E-state index contributed by atoms with van der Waals surface area (Å²) in [6.07, 6.45) is 5.68. The maximum atomic E-state index is 13.4. The summed E-state index contributed by atoms with van der Waals surface area (Å²) < 4.78 is 7.26. The molecule has 2 amide bonds. The lowest BCUT2D eigenvalue weighted by molar-refractivity contribution is -0.151. The Balaban J connectivity index is 1.50. The van der Waals surface area contributed by atoms with Gasteiger partial charge in [-0.05, 0) is 45.6 Å². The molecule has 33 heavy (non-hydrogen) atoms. The van der Waals surface area contributed by atoms with Crippen molar-refractivity contribution in [2.75, 3.05) is 33.3 Å². The summed E-state index contributed by atoms with van der Waals surface area (Å²) in [5.74, 6) is 0.0148. The van der Waals surface area contributed by atoms with Crippen LogP contribution in [0.3, 0.4) is 0 Å². The van der Waals surface area contributed by atoms with Crippen LogP contribution in [0.1, 0.15) is 60.9 Å². The smallest absolute Gasteiger partial charge is 0.310 e. The van der Waals surface area contributed by atoms with E-state index >= 15 is 0 Å². The van der Waals surface area contributed by atoms with E-state index in [-0.39, 0.29) is 30.2 Å². The van der Waals surface area contributed by atoms with E-state index in [0.29, 0.717) is 30.8 Å². The van der Waals surface area contributed by atoms with Crippen LogP contribution in [0.15, 0.2) is 6.07 Å². The van der Waals surface area contributed by atoms with Crippen molar-refractivity contribution in [3.63, 3.8) is 0 Å². The van der Waals surface area contributed by atoms with Crippen LogP contribution in [0.4, 0.5) is 0 Å². The number of rotatable bonds is 5. The Morgan fingerprint density at radius 3 is 2.76 bits per heavy atom. The van der Waals surface area contributed by atoms with Gasteiger partial charge in [0.2, 0.25) is 5.91 Å². The Labute approximate surface area is 194 Å². The summed E-state index contributed by atoms with van der Waals surface area (Å²) in [6.45, 7) is 5.72. The van der Waals surface area contributed by atoms with Crippen LogP contribution in [0, 0.1) is 12.8 Å². The van der Waals surface area contributed by atoms with E-state index in [1.54, 1.807) is 24.9 Å². The maximum absolute atomic E-state index is 13.4. The number of hydrogen-bond acceptors (Lipinski definition) is 6. The van der Waals surface area contributed by atoms with Gasteiger partial charge < -0.3 is 19.1 Å². The highest BCUT2D eigenvalue weighted by atomic mass is 16.5. The van der Waals surface area contributed by atoms with Gasteiger partial charge in [0.25, 0.3) is 5.91 Å². The van der Waals surface area contributed by atoms with Crippen LogP contribution in [-0.2, 0) is 27.3 Å². The molecule has 178 valence electrons. The fourth-order valence-electron chi connectivity index (χ4n) is 4.82. The number of piperidine rings is 1. The van der Waals surface area contributed by atoms with E-state index in [9.17, 15) is 14.4 Å². The molecule has 0 spiro atoms. The Kier molecular flexibility index (Phi) is 6.95. The van der Waals surface area contributed by atoms with E-state index in [4.69, 9.17) is 9.72 Å². The minimum absolute atomic E-state index is 0.0508. The van der Waals surface area contributed by atoms with Crippen LogP contribution in [-0.4, -0.2) is 75.4 Å². The molecule has 1 saturated heterocycles. The number of carbonyl (C=O) groups excluding carboxylic acids is 3. The number of fused-ring (bicyclic) bond motifs is 3. The topological polar surface area (TPSA) is 97.6 Å². The fraction of sp³-hybridized carbons (Fsp3) is 0.625. The normalized spacial score (nSPS) is 18.5. The van der Waals surface area contributed by atoms with Gasteiger partial charge in [-0.25, -0.2) is 9.97 Å². The number of likely N-dealkylation sites (N-methyl/N-ethyl adjacent to an activating group) is 1. The van der Waals surface area contributed by atoms with Crippen molar-refractivity contribution in [1.29, 1.82) is 0 Å². The molecular formula is C24H33N5O4. The first kappa shape index (κ1) is 23.2. The first-order valence-electron chi connectivity index (χ1n) is 12.0. The van der Waals surface area contributed by atoms with Gasteiger partial charge in [-0.3, -0.25) is 14.4 Å². The Bertz CT molecular complexity index is 1060. The SMILES string of the molecule is CCOC(=O)C1CCCN(C(=O)CN(C)C(=O)c2cc(C)nc3c2nc2n3CCCCC2)C1. The predicted molar refractivity (Wildman–Crippen MR) is 123 cm³/mol. The largest absolute Gasteiger partial charge is 0.466 e. The Hall–Kier alpha value is -2.97. The van der Waals surface area contributed by atoms with Gasteiger partial charge in [0.15, 0.2) is 5.65 Å². The average molecular weight is 456 g/mol. The second kappa shape index (κ2) is 9.89. The van der Waals surface area contributed by atoms with Crippen molar-refractivity contribution >= 4 is 28.9 Å². The van der Waals surface area contributed by atoms with Crippen molar-refractivity contribution in [1.82, 2.24) is 24.3 Å². The first-order chi connectivity index (χ1) is 15.9. The van der Waals surface area contributed by atoms with Gasteiger partial charge in [0.1, 0.15) is 11.3 Å². The predicted octanol–water partition coefficient (Wildman–Crippen LogP) is 2.34. The zero-order valence-electron chi connectivity index (χ0n) is 19.8. The molecule has 2 aliphatic heterocycles. The van der Waals surface area contributed by atoms with Crippen LogP contribution in [0.5, 0.6) is 0 Å². The molecule has 4 rings (SSSR count). The molecule has 2 aromatic rings. The molecule has 4 heterocycles. The van der Waals surface area contributed by atoms with Gasteiger partial charge in [0, 0.05) is 38.8 Å². The molecule has 0 saturated carbocycles. The number of aromatic nitrogens is 3. The zero-order valence-corrected chi connectivity index (χ0v) is 19.8. The zero-order chi connectivity index (χ0) is 23.5. The first-order valence-corrected chi connectivity index (χ1v) is 12.0. The second-order valence-electron chi connectivity index (χ2n) is 9.07. The van der Waals surface area contributed by atoms with E-state index in [1.165, 1.54) is 11.3 Å². The number of pyridine rings is 1. The Morgan fingerprint density at radius 1 is 1.15 bits per heavy atom. The van der Waals surface area contributed by atoms with Gasteiger partial charge in [-0.1, -0.05) is 6.42 Å². The summed E-state index contributed by atoms with van der Waals surface area (Å²) in [6, 6.07) is 1.76. The third-order valence-corrected chi connectivity index (χ3v) is 6.54. The molecule has 0 aliphatic carbocycles.